The van der Waals surface area contributed by atoms with Crippen molar-refractivity contribution in [1.29, 1.82) is 0 Å². The molecule has 4 nitrogen and oxygen atoms in total. The molecule has 18 heavy (non-hydrogen) atoms. The molecule has 96 valence electrons. The molecule has 1 amide bonds. The lowest BCUT2D eigenvalue weighted by atomic mass is 10.1. The van der Waals surface area contributed by atoms with Gasteiger partial charge in [-0.3, -0.25) is 4.79 Å². The van der Waals surface area contributed by atoms with Gasteiger partial charge in [0.05, 0.1) is 12.7 Å². The summed E-state index contributed by atoms with van der Waals surface area (Å²) in [6.07, 6.45) is 3.69. The number of ether oxygens (including phenoxy) is 1. The molecule has 0 heterocycles. The Labute approximate surface area is 114 Å². The first kappa shape index (κ1) is 14.4. The van der Waals surface area contributed by atoms with Crippen molar-refractivity contribution in [3.05, 3.63) is 39.9 Å². The van der Waals surface area contributed by atoms with Crippen molar-refractivity contribution in [2.24, 2.45) is 0 Å². The molecular weight excluding hydrogens is 298 g/mol. The van der Waals surface area contributed by atoms with Gasteiger partial charge in [0, 0.05) is 17.9 Å². The van der Waals surface area contributed by atoms with Crippen LogP contribution in [-0.4, -0.2) is 25.5 Å². The van der Waals surface area contributed by atoms with Gasteiger partial charge in [0.25, 0.3) is 0 Å². The lowest BCUT2D eigenvalue weighted by Crippen LogP contribution is -2.19. The number of hydrogen-bond donors (Lipinski definition) is 1. The zero-order valence-electron chi connectivity index (χ0n) is 10.2. The molecule has 0 fully saturated rings. The van der Waals surface area contributed by atoms with Crippen molar-refractivity contribution in [1.82, 2.24) is 5.32 Å². The lowest BCUT2D eigenvalue weighted by Gasteiger charge is -2.03. The molecule has 1 aromatic rings. The van der Waals surface area contributed by atoms with E-state index >= 15 is 0 Å². The second-order valence-electron chi connectivity index (χ2n) is 3.57. The maximum atomic E-state index is 11.3. The average Bonchev–Trinajstić information content (AvgIpc) is 2.34. The van der Waals surface area contributed by atoms with Crippen LogP contribution in [-0.2, 0) is 9.53 Å². The first-order valence-electron chi connectivity index (χ1n) is 5.33. The van der Waals surface area contributed by atoms with Crippen LogP contribution >= 0.6 is 15.9 Å². The predicted molar refractivity (Wildman–Crippen MR) is 73.2 cm³/mol. The minimum atomic E-state index is -0.371. The maximum Gasteiger partial charge on any atom is 0.337 e. The number of hydrogen-bond acceptors (Lipinski definition) is 3. The van der Waals surface area contributed by atoms with E-state index in [9.17, 15) is 9.59 Å². The molecule has 5 heteroatoms. The number of esters is 1. The molecule has 1 aromatic carbocycles. The zero-order valence-corrected chi connectivity index (χ0v) is 11.8. The van der Waals surface area contributed by atoms with Crippen LogP contribution in [0.5, 0.6) is 0 Å². The molecule has 0 aliphatic carbocycles. The summed E-state index contributed by atoms with van der Waals surface area (Å²) in [6, 6.07) is 5.19. The summed E-state index contributed by atoms with van der Waals surface area (Å²) >= 11 is 3.38. The number of amides is 1. The van der Waals surface area contributed by atoms with E-state index in [0.717, 1.165) is 10.0 Å². The zero-order chi connectivity index (χ0) is 13.5. The molecule has 0 saturated carbocycles. The van der Waals surface area contributed by atoms with E-state index in [1.807, 2.05) is 12.2 Å². The third-order valence-corrected chi connectivity index (χ3v) is 2.87. The van der Waals surface area contributed by atoms with E-state index in [1.54, 1.807) is 18.2 Å². The highest BCUT2D eigenvalue weighted by Crippen LogP contribution is 2.20. The number of nitrogens with one attached hydrogen (secondary N) is 1. The van der Waals surface area contributed by atoms with Crippen LogP contribution in [0, 0.1) is 0 Å². The third kappa shape index (κ3) is 4.33. The number of carbonyl (C=O) groups is 2. The summed E-state index contributed by atoms with van der Waals surface area (Å²) in [6.45, 7) is 1.94. The monoisotopic (exact) mass is 311 g/mol. The van der Waals surface area contributed by atoms with E-state index < -0.39 is 0 Å². The fraction of sp³-hybridized carbons (Fsp3) is 0.231. The Hall–Kier alpha value is -1.62. The van der Waals surface area contributed by atoms with E-state index in [0.29, 0.717) is 12.1 Å². The van der Waals surface area contributed by atoms with Crippen molar-refractivity contribution in [2.75, 3.05) is 13.7 Å². The van der Waals surface area contributed by atoms with E-state index in [1.165, 1.54) is 14.0 Å². The molecule has 1 N–H and O–H groups in total. The molecule has 1 rings (SSSR count). The number of methoxy groups -OCH3 is 1. The van der Waals surface area contributed by atoms with Gasteiger partial charge in [0.15, 0.2) is 0 Å². The number of halogens is 1. The van der Waals surface area contributed by atoms with Crippen LogP contribution in [0.1, 0.15) is 22.8 Å². The van der Waals surface area contributed by atoms with Crippen molar-refractivity contribution in [3.8, 4) is 0 Å². The second kappa shape index (κ2) is 6.96. The third-order valence-electron chi connectivity index (χ3n) is 2.19. The van der Waals surface area contributed by atoms with Crippen LogP contribution in [0.4, 0.5) is 0 Å². The van der Waals surface area contributed by atoms with Gasteiger partial charge in [-0.1, -0.05) is 34.1 Å². The SMILES string of the molecule is COC(=O)c1ccc(C=CCNC(C)=O)c(Br)c1. The van der Waals surface area contributed by atoms with Crippen LogP contribution in [0.15, 0.2) is 28.7 Å². The van der Waals surface area contributed by atoms with Gasteiger partial charge in [-0.15, -0.1) is 0 Å². The van der Waals surface area contributed by atoms with E-state index in [-0.39, 0.29) is 11.9 Å². The van der Waals surface area contributed by atoms with Crippen LogP contribution in [0.25, 0.3) is 6.08 Å². The van der Waals surface area contributed by atoms with Crippen LogP contribution in [0.2, 0.25) is 0 Å². The van der Waals surface area contributed by atoms with Gasteiger partial charge in [-0.05, 0) is 17.7 Å². The Bertz CT molecular complexity index is 483. The quantitative estimate of drug-likeness (QED) is 0.869. The van der Waals surface area contributed by atoms with Crippen LogP contribution < -0.4 is 5.32 Å². The highest BCUT2D eigenvalue weighted by molar-refractivity contribution is 9.10. The normalized spacial score (nSPS) is 10.4. The summed E-state index contributed by atoms with van der Waals surface area (Å²) in [7, 11) is 1.34. The second-order valence-corrected chi connectivity index (χ2v) is 4.42. The van der Waals surface area contributed by atoms with Gasteiger partial charge in [-0.2, -0.15) is 0 Å². The largest absolute Gasteiger partial charge is 0.465 e. The summed E-state index contributed by atoms with van der Waals surface area (Å²) in [5.74, 6) is -0.441. The fourth-order valence-corrected chi connectivity index (χ4v) is 1.81. The molecule has 0 bridgehead atoms. The lowest BCUT2D eigenvalue weighted by molar-refractivity contribution is -0.118. The van der Waals surface area contributed by atoms with Gasteiger partial charge in [-0.25, -0.2) is 4.79 Å². The van der Waals surface area contributed by atoms with Crippen molar-refractivity contribution in [2.45, 2.75) is 6.92 Å². The van der Waals surface area contributed by atoms with Crippen LogP contribution in [0.3, 0.4) is 0 Å². The minimum Gasteiger partial charge on any atom is -0.465 e. The van der Waals surface area contributed by atoms with E-state index in [2.05, 4.69) is 26.0 Å². The van der Waals surface area contributed by atoms with Gasteiger partial charge in [0.2, 0.25) is 5.91 Å². The maximum absolute atomic E-state index is 11.3. The summed E-state index contributed by atoms with van der Waals surface area (Å²) in [5, 5.41) is 2.66. The molecule has 0 atom stereocenters. The standard InChI is InChI=1S/C13H14BrNO3/c1-9(16)15-7-3-4-10-5-6-11(8-12(10)14)13(17)18-2/h3-6,8H,7H2,1-2H3,(H,15,16). The summed E-state index contributed by atoms with van der Waals surface area (Å²) in [5.41, 5.74) is 1.41. The Morgan fingerprint density at radius 2 is 2.17 bits per heavy atom. The van der Waals surface area contributed by atoms with Gasteiger partial charge < -0.3 is 10.1 Å². The molecule has 0 unspecified atom stereocenters. The average molecular weight is 312 g/mol. The van der Waals surface area contributed by atoms with Gasteiger partial charge >= 0.3 is 5.97 Å². The molecular formula is C13H14BrNO3. The Kier molecular flexibility index (Phi) is 5.58. The first-order valence-corrected chi connectivity index (χ1v) is 6.12. The molecule has 0 aliphatic rings. The van der Waals surface area contributed by atoms with Crippen molar-refractivity contribution >= 4 is 33.9 Å². The molecule has 0 aromatic heterocycles. The summed E-state index contributed by atoms with van der Waals surface area (Å²) < 4.78 is 5.43. The number of carbonyl (C=O) groups excluding carboxylic acids is 2. The highest BCUT2D eigenvalue weighted by Gasteiger charge is 2.06. The Morgan fingerprint density at radius 3 is 2.72 bits per heavy atom. The number of rotatable bonds is 4. The van der Waals surface area contributed by atoms with Gasteiger partial charge in [0.1, 0.15) is 0 Å². The minimum absolute atomic E-state index is 0.0697. The van der Waals surface area contributed by atoms with Crippen molar-refractivity contribution in [3.63, 3.8) is 0 Å². The molecule has 0 spiro atoms. The summed E-state index contributed by atoms with van der Waals surface area (Å²) in [4.78, 5) is 22.0. The van der Waals surface area contributed by atoms with E-state index in [4.69, 9.17) is 0 Å². The first-order chi connectivity index (χ1) is 8.54. The predicted octanol–water partition coefficient (Wildman–Crippen LogP) is 2.39. The Morgan fingerprint density at radius 1 is 1.44 bits per heavy atom. The topological polar surface area (TPSA) is 55.4 Å². The fourth-order valence-electron chi connectivity index (χ4n) is 1.30. The molecule has 0 saturated heterocycles. The smallest absolute Gasteiger partial charge is 0.337 e. The highest BCUT2D eigenvalue weighted by atomic mass is 79.9. The molecule has 0 radical (unpaired) electrons. The molecule has 0 aliphatic heterocycles. The van der Waals surface area contributed by atoms with Crippen molar-refractivity contribution < 1.29 is 14.3 Å². The Balaban J connectivity index is 2.73. The number of benzene rings is 1.